The summed E-state index contributed by atoms with van der Waals surface area (Å²) in [5, 5.41) is 4.86. The van der Waals surface area contributed by atoms with Gasteiger partial charge in [-0.05, 0) is 50.1 Å². The van der Waals surface area contributed by atoms with Crippen LogP contribution in [0.5, 0.6) is 0 Å². The van der Waals surface area contributed by atoms with Crippen LogP contribution in [0.1, 0.15) is 33.1 Å². The number of ether oxygens (including phenoxy) is 3. The number of amides is 1. The molecule has 2 aromatic carbocycles. The highest BCUT2D eigenvalue weighted by atomic mass is 16.6. The van der Waals surface area contributed by atoms with Crippen LogP contribution in [-0.4, -0.2) is 36.0 Å². The molecular formula is C26H27NO5. The number of epoxide rings is 1. The molecule has 2 aromatic rings. The first kappa shape index (κ1) is 20.8. The van der Waals surface area contributed by atoms with E-state index >= 15 is 0 Å². The molecule has 166 valence electrons. The number of carbonyl (C=O) groups excluding carboxylic acids is 2. The van der Waals surface area contributed by atoms with Crippen LogP contribution in [0.25, 0.3) is 10.8 Å². The molecule has 1 aliphatic carbocycles. The van der Waals surface area contributed by atoms with Crippen LogP contribution in [0.4, 0.5) is 10.5 Å². The number of carbonyl (C=O) groups is 2. The molecule has 0 aromatic heterocycles. The number of fused-ring (bicyclic) bond motifs is 4. The minimum Gasteiger partial charge on any atom is -0.455 e. The van der Waals surface area contributed by atoms with Crippen molar-refractivity contribution in [3.8, 4) is 0 Å². The number of hydrogen-bond acceptors (Lipinski definition) is 5. The van der Waals surface area contributed by atoms with E-state index in [9.17, 15) is 9.59 Å². The van der Waals surface area contributed by atoms with Crippen LogP contribution in [0.2, 0.25) is 0 Å². The van der Waals surface area contributed by atoms with Crippen molar-refractivity contribution in [2.75, 3.05) is 5.32 Å². The third-order valence-electron chi connectivity index (χ3n) is 6.95. The minimum absolute atomic E-state index is 0.146. The summed E-state index contributed by atoms with van der Waals surface area (Å²) < 4.78 is 17.5. The van der Waals surface area contributed by atoms with E-state index < -0.39 is 24.3 Å². The Hall–Kier alpha value is -3.12. The number of rotatable bonds is 2. The Morgan fingerprint density at radius 3 is 2.84 bits per heavy atom. The van der Waals surface area contributed by atoms with Gasteiger partial charge in [-0.1, -0.05) is 49.1 Å². The van der Waals surface area contributed by atoms with Crippen molar-refractivity contribution >= 4 is 28.5 Å². The Kier molecular flexibility index (Phi) is 5.05. The SMILES string of the molecule is C=C1C(=O)O[C@@H]2[C@H]3O[C@]3(C)CCC=C(C)[C@@H](OC(=O)Nc3cccc4ccccc34)C[C@@H]12. The number of anilines is 1. The van der Waals surface area contributed by atoms with Gasteiger partial charge in [0.1, 0.15) is 18.3 Å². The number of esters is 1. The number of nitrogens with one attached hydrogen (secondary N) is 1. The van der Waals surface area contributed by atoms with Crippen LogP contribution in [0.3, 0.4) is 0 Å². The summed E-state index contributed by atoms with van der Waals surface area (Å²) in [6.45, 7) is 7.97. The zero-order valence-corrected chi connectivity index (χ0v) is 18.3. The standard InChI is InChI=1S/C26H27NO5/c1-15-8-7-13-26(3)23(32-26)22-19(16(2)24(28)31-22)14-21(15)30-25(29)27-20-12-6-10-17-9-4-5-11-18(17)20/h4-6,8-12,19,21-23H,2,7,13-14H2,1,3H3,(H,27,29)/t19-,21-,22-,23+,26+/m0/s1. The summed E-state index contributed by atoms with van der Waals surface area (Å²) in [5.74, 6) is -0.649. The second-order valence-corrected chi connectivity index (χ2v) is 9.12. The first-order valence-corrected chi connectivity index (χ1v) is 11.1. The molecular weight excluding hydrogens is 406 g/mol. The lowest BCUT2D eigenvalue weighted by atomic mass is 9.83. The third-order valence-corrected chi connectivity index (χ3v) is 6.95. The second-order valence-electron chi connectivity index (χ2n) is 9.12. The summed E-state index contributed by atoms with van der Waals surface area (Å²) in [5.41, 5.74) is 1.78. The van der Waals surface area contributed by atoms with Gasteiger partial charge in [0.05, 0.1) is 11.3 Å². The van der Waals surface area contributed by atoms with E-state index in [1.165, 1.54) is 0 Å². The monoisotopic (exact) mass is 433 g/mol. The van der Waals surface area contributed by atoms with Crippen molar-refractivity contribution in [3.63, 3.8) is 0 Å². The van der Waals surface area contributed by atoms with Crippen molar-refractivity contribution < 1.29 is 23.8 Å². The van der Waals surface area contributed by atoms with Gasteiger partial charge in [-0.25, -0.2) is 9.59 Å². The molecule has 2 heterocycles. The van der Waals surface area contributed by atoms with Crippen molar-refractivity contribution in [1.29, 1.82) is 0 Å². The van der Waals surface area contributed by atoms with Gasteiger partial charge in [0, 0.05) is 16.9 Å². The van der Waals surface area contributed by atoms with Gasteiger partial charge in [0.2, 0.25) is 0 Å². The largest absolute Gasteiger partial charge is 0.455 e. The molecule has 0 saturated carbocycles. The summed E-state index contributed by atoms with van der Waals surface area (Å²) >= 11 is 0. The molecule has 1 amide bonds. The molecule has 6 nitrogen and oxygen atoms in total. The minimum atomic E-state index is -0.531. The Bertz CT molecular complexity index is 1130. The van der Waals surface area contributed by atoms with Gasteiger partial charge >= 0.3 is 12.1 Å². The molecule has 3 aliphatic rings. The van der Waals surface area contributed by atoms with Gasteiger partial charge in [-0.3, -0.25) is 5.32 Å². The van der Waals surface area contributed by atoms with Crippen LogP contribution in [0.15, 0.2) is 66.3 Å². The summed E-state index contributed by atoms with van der Waals surface area (Å²) in [7, 11) is 0. The van der Waals surface area contributed by atoms with Crippen molar-refractivity contribution in [2.45, 2.75) is 57.0 Å². The summed E-state index contributed by atoms with van der Waals surface area (Å²) in [4.78, 5) is 25.1. The number of benzene rings is 2. The van der Waals surface area contributed by atoms with Crippen molar-refractivity contribution in [2.24, 2.45) is 5.92 Å². The first-order valence-electron chi connectivity index (χ1n) is 11.1. The molecule has 0 bridgehead atoms. The van der Waals surface area contributed by atoms with E-state index in [0.717, 1.165) is 29.2 Å². The Morgan fingerprint density at radius 2 is 2.00 bits per heavy atom. The lowest BCUT2D eigenvalue weighted by Crippen LogP contribution is -2.33. The van der Waals surface area contributed by atoms with Crippen LogP contribution >= 0.6 is 0 Å². The Balaban J connectivity index is 1.37. The lowest BCUT2D eigenvalue weighted by molar-refractivity contribution is -0.140. The summed E-state index contributed by atoms with van der Waals surface area (Å²) in [6.07, 6.45) is 2.58. The Labute approximate surface area is 187 Å². The van der Waals surface area contributed by atoms with E-state index in [0.29, 0.717) is 17.7 Å². The number of allylic oxidation sites excluding steroid dienone is 1. The van der Waals surface area contributed by atoms with Gasteiger partial charge < -0.3 is 14.2 Å². The first-order chi connectivity index (χ1) is 15.4. The molecule has 0 spiro atoms. The zero-order chi connectivity index (χ0) is 22.5. The number of hydrogen-bond donors (Lipinski definition) is 1. The molecule has 2 fully saturated rings. The molecule has 1 N–H and O–H groups in total. The molecule has 5 rings (SSSR count). The molecule has 2 saturated heterocycles. The predicted octanol–water partition coefficient (Wildman–Crippen LogP) is 5.14. The maximum atomic E-state index is 12.9. The Morgan fingerprint density at radius 1 is 1.22 bits per heavy atom. The fourth-order valence-corrected chi connectivity index (χ4v) is 4.93. The molecule has 5 atom stereocenters. The van der Waals surface area contributed by atoms with Gasteiger partial charge in [-0.2, -0.15) is 0 Å². The van der Waals surface area contributed by atoms with Crippen LogP contribution < -0.4 is 5.32 Å². The van der Waals surface area contributed by atoms with E-state index in [-0.39, 0.29) is 17.6 Å². The molecule has 0 radical (unpaired) electrons. The van der Waals surface area contributed by atoms with Gasteiger partial charge in [-0.15, -0.1) is 0 Å². The average molecular weight is 434 g/mol. The van der Waals surface area contributed by atoms with E-state index in [1.54, 1.807) is 0 Å². The average Bonchev–Trinajstić information content (AvgIpc) is 3.36. The van der Waals surface area contributed by atoms with Crippen molar-refractivity contribution in [1.82, 2.24) is 0 Å². The third kappa shape index (κ3) is 3.69. The normalized spacial score (nSPS) is 31.8. The molecule has 0 unspecified atom stereocenters. The maximum absolute atomic E-state index is 12.9. The highest BCUT2D eigenvalue weighted by molar-refractivity contribution is 6.00. The van der Waals surface area contributed by atoms with Crippen molar-refractivity contribution in [3.05, 3.63) is 66.3 Å². The highest BCUT2D eigenvalue weighted by Crippen LogP contribution is 2.50. The zero-order valence-electron chi connectivity index (χ0n) is 18.3. The highest BCUT2D eigenvalue weighted by Gasteiger charge is 2.61. The molecule has 2 aliphatic heterocycles. The predicted molar refractivity (Wildman–Crippen MR) is 121 cm³/mol. The van der Waals surface area contributed by atoms with Gasteiger partial charge in [0.25, 0.3) is 0 Å². The molecule has 6 heteroatoms. The van der Waals surface area contributed by atoms with E-state index in [4.69, 9.17) is 14.2 Å². The quantitative estimate of drug-likeness (QED) is 0.307. The van der Waals surface area contributed by atoms with Gasteiger partial charge in [0.15, 0.2) is 0 Å². The lowest BCUT2D eigenvalue weighted by Gasteiger charge is -2.26. The molecule has 32 heavy (non-hydrogen) atoms. The smallest absolute Gasteiger partial charge is 0.412 e. The van der Waals surface area contributed by atoms with E-state index in [2.05, 4.69) is 24.9 Å². The second kappa shape index (κ2) is 7.78. The van der Waals surface area contributed by atoms with E-state index in [1.807, 2.05) is 49.4 Å². The topological polar surface area (TPSA) is 77.2 Å². The maximum Gasteiger partial charge on any atom is 0.412 e. The van der Waals surface area contributed by atoms with Crippen LogP contribution in [-0.2, 0) is 19.0 Å². The fraction of sp³-hybridized carbons (Fsp3) is 0.385. The van der Waals surface area contributed by atoms with Crippen LogP contribution in [0, 0.1) is 5.92 Å². The fourth-order valence-electron chi connectivity index (χ4n) is 4.93. The summed E-state index contributed by atoms with van der Waals surface area (Å²) in [6, 6.07) is 13.6.